The van der Waals surface area contributed by atoms with Gasteiger partial charge in [0.2, 0.25) is 15.9 Å². The zero-order chi connectivity index (χ0) is 19.3. The average Bonchev–Trinajstić information content (AvgIpc) is 2.61. The molecule has 26 heavy (non-hydrogen) atoms. The maximum atomic E-state index is 12.4. The lowest BCUT2D eigenvalue weighted by Crippen LogP contribution is -2.37. The van der Waals surface area contributed by atoms with Crippen LogP contribution in [0.15, 0.2) is 47.4 Å². The van der Waals surface area contributed by atoms with Gasteiger partial charge in [-0.15, -0.1) is 0 Å². The molecule has 2 aromatic rings. The number of nitriles is 1. The van der Waals surface area contributed by atoms with E-state index < -0.39 is 10.0 Å². The van der Waals surface area contributed by atoms with Gasteiger partial charge in [-0.05, 0) is 61.4 Å². The first-order valence-corrected chi connectivity index (χ1v) is 9.58. The fourth-order valence-electron chi connectivity index (χ4n) is 2.44. The predicted molar refractivity (Wildman–Crippen MR) is 100 cm³/mol. The van der Waals surface area contributed by atoms with Gasteiger partial charge >= 0.3 is 0 Å². The molecule has 0 aliphatic heterocycles. The van der Waals surface area contributed by atoms with Gasteiger partial charge in [-0.2, -0.15) is 5.26 Å². The van der Waals surface area contributed by atoms with Crippen LogP contribution in [0, 0.1) is 25.2 Å². The molecule has 2 rings (SSSR count). The van der Waals surface area contributed by atoms with Crippen molar-refractivity contribution in [2.45, 2.75) is 25.7 Å². The summed E-state index contributed by atoms with van der Waals surface area (Å²) in [7, 11) is -3.64. The van der Waals surface area contributed by atoms with E-state index in [0.29, 0.717) is 11.3 Å². The Morgan fingerprint density at radius 1 is 1.12 bits per heavy atom. The standard InChI is InChI=1S/C19H21N3O3S/c1-14-4-9-19(12-15(14)2)26(24,25)21-10-11-22(16(3)23)18-7-5-17(13-20)6-8-18/h4-9,12,21H,10-11H2,1-3H3. The number of nitrogens with one attached hydrogen (secondary N) is 1. The van der Waals surface area contributed by atoms with Crippen LogP contribution in [-0.4, -0.2) is 27.4 Å². The van der Waals surface area contributed by atoms with Gasteiger partial charge < -0.3 is 4.90 Å². The van der Waals surface area contributed by atoms with Crippen molar-refractivity contribution >= 4 is 21.6 Å². The Hall–Kier alpha value is -2.69. The molecule has 6 nitrogen and oxygen atoms in total. The molecular weight excluding hydrogens is 350 g/mol. The number of amides is 1. The maximum Gasteiger partial charge on any atom is 0.240 e. The van der Waals surface area contributed by atoms with Crippen molar-refractivity contribution in [3.63, 3.8) is 0 Å². The van der Waals surface area contributed by atoms with Crippen LogP contribution in [0.2, 0.25) is 0 Å². The van der Waals surface area contributed by atoms with Crippen LogP contribution < -0.4 is 9.62 Å². The Labute approximate surface area is 154 Å². The van der Waals surface area contributed by atoms with Crippen LogP contribution in [0.1, 0.15) is 23.6 Å². The van der Waals surface area contributed by atoms with Gasteiger partial charge in [-0.25, -0.2) is 13.1 Å². The third-order valence-electron chi connectivity index (χ3n) is 4.10. The topological polar surface area (TPSA) is 90.3 Å². The Morgan fingerprint density at radius 2 is 1.77 bits per heavy atom. The molecule has 0 atom stereocenters. The van der Waals surface area contributed by atoms with Gasteiger partial charge in [-0.3, -0.25) is 4.79 Å². The second-order valence-corrected chi connectivity index (χ2v) is 7.74. The fraction of sp³-hybridized carbons (Fsp3) is 0.263. The number of carbonyl (C=O) groups is 1. The fourth-order valence-corrected chi connectivity index (χ4v) is 3.55. The van der Waals surface area contributed by atoms with E-state index in [1.54, 1.807) is 42.5 Å². The summed E-state index contributed by atoms with van der Waals surface area (Å²) in [6.07, 6.45) is 0. The second-order valence-electron chi connectivity index (χ2n) is 5.97. The van der Waals surface area contributed by atoms with Crippen LogP contribution >= 0.6 is 0 Å². The first-order valence-electron chi connectivity index (χ1n) is 8.10. The molecule has 136 valence electrons. The van der Waals surface area contributed by atoms with Crippen LogP contribution in [0.25, 0.3) is 0 Å². The number of benzene rings is 2. The Kier molecular flexibility index (Phi) is 6.14. The largest absolute Gasteiger partial charge is 0.311 e. The number of hydrogen-bond acceptors (Lipinski definition) is 4. The van der Waals surface area contributed by atoms with Crippen molar-refractivity contribution in [3.05, 3.63) is 59.2 Å². The molecule has 0 aromatic heterocycles. The quantitative estimate of drug-likeness (QED) is 0.845. The van der Waals surface area contributed by atoms with Crippen molar-refractivity contribution in [1.82, 2.24) is 4.72 Å². The van der Waals surface area contributed by atoms with Crippen molar-refractivity contribution in [3.8, 4) is 6.07 Å². The Balaban J connectivity index is 2.08. The molecule has 0 saturated carbocycles. The second kappa shape index (κ2) is 8.13. The minimum absolute atomic E-state index is 0.0782. The number of sulfonamides is 1. The smallest absolute Gasteiger partial charge is 0.240 e. The van der Waals surface area contributed by atoms with Gasteiger partial charge in [0, 0.05) is 25.7 Å². The van der Waals surface area contributed by atoms with Gasteiger partial charge in [0.15, 0.2) is 0 Å². The third-order valence-corrected chi connectivity index (χ3v) is 5.56. The van der Waals surface area contributed by atoms with E-state index in [1.165, 1.54) is 11.8 Å². The van der Waals surface area contributed by atoms with Gasteiger partial charge in [0.05, 0.1) is 16.5 Å². The van der Waals surface area contributed by atoms with E-state index in [0.717, 1.165) is 11.1 Å². The lowest BCUT2D eigenvalue weighted by Gasteiger charge is -2.21. The van der Waals surface area contributed by atoms with E-state index >= 15 is 0 Å². The van der Waals surface area contributed by atoms with Crippen LogP contribution in [0.5, 0.6) is 0 Å². The van der Waals surface area contributed by atoms with Gasteiger partial charge in [0.1, 0.15) is 0 Å². The molecule has 1 amide bonds. The number of rotatable bonds is 6. The Morgan fingerprint density at radius 3 is 2.31 bits per heavy atom. The highest BCUT2D eigenvalue weighted by molar-refractivity contribution is 7.89. The molecule has 0 unspecified atom stereocenters. The number of carbonyl (C=O) groups excluding carboxylic acids is 1. The summed E-state index contributed by atoms with van der Waals surface area (Å²) in [4.78, 5) is 13.6. The predicted octanol–water partition coefficient (Wildman–Crippen LogP) is 2.51. The number of aryl methyl sites for hydroxylation is 2. The minimum Gasteiger partial charge on any atom is -0.311 e. The molecule has 0 heterocycles. The number of nitrogens with zero attached hydrogens (tertiary/aromatic N) is 2. The maximum absolute atomic E-state index is 12.4. The highest BCUT2D eigenvalue weighted by Crippen LogP contribution is 2.16. The normalized spacial score (nSPS) is 11.0. The molecule has 0 radical (unpaired) electrons. The van der Waals surface area contributed by atoms with Crippen LogP contribution in [0.3, 0.4) is 0 Å². The molecule has 0 spiro atoms. The van der Waals surface area contributed by atoms with Crippen molar-refractivity contribution < 1.29 is 13.2 Å². The van der Waals surface area contributed by atoms with E-state index in [4.69, 9.17) is 5.26 Å². The molecule has 0 aliphatic carbocycles. The number of hydrogen-bond donors (Lipinski definition) is 1. The summed E-state index contributed by atoms with van der Waals surface area (Å²) in [5.41, 5.74) is 3.03. The van der Waals surface area contributed by atoms with E-state index in [-0.39, 0.29) is 23.9 Å². The molecular formula is C19H21N3O3S. The third kappa shape index (κ3) is 4.69. The molecule has 0 bridgehead atoms. The lowest BCUT2D eigenvalue weighted by molar-refractivity contribution is -0.116. The molecule has 2 aromatic carbocycles. The summed E-state index contributed by atoms with van der Waals surface area (Å²) < 4.78 is 27.4. The summed E-state index contributed by atoms with van der Waals surface area (Å²) in [5, 5.41) is 8.84. The summed E-state index contributed by atoms with van der Waals surface area (Å²) in [6.45, 7) is 5.45. The molecule has 1 N–H and O–H groups in total. The highest BCUT2D eigenvalue weighted by Gasteiger charge is 2.16. The van der Waals surface area contributed by atoms with E-state index in [1.807, 2.05) is 19.9 Å². The lowest BCUT2D eigenvalue weighted by atomic mass is 10.1. The van der Waals surface area contributed by atoms with E-state index in [2.05, 4.69) is 4.72 Å². The van der Waals surface area contributed by atoms with Crippen molar-refractivity contribution in [2.75, 3.05) is 18.0 Å². The van der Waals surface area contributed by atoms with E-state index in [9.17, 15) is 13.2 Å². The van der Waals surface area contributed by atoms with Gasteiger partial charge in [0.25, 0.3) is 0 Å². The molecule has 0 saturated heterocycles. The Bertz CT molecular complexity index is 945. The summed E-state index contributed by atoms with van der Waals surface area (Å²) in [5.74, 6) is -0.208. The molecule has 7 heteroatoms. The zero-order valence-electron chi connectivity index (χ0n) is 15.0. The van der Waals surface area contributed by atoms with Crippen LogP contribution in [0.4, 0.5) is 5.69 Å². The first kappa shape index (κ1) is 19.6. The van der Waals surface area contributed by atoms with Gasteiger partial charge in [-0.1, -0.05) is 6.07 Å². The molecule has 0 fully saturated rings. The minimum atomic E-state index is -3.64. The van der Waals surface area contributed by atoms with Crippen molar-refractivity contribution in [2.24, 2.45) is 0 Å². The zero-order valence-corrected chi connectivity index (χ0v) is 15.8. The molecule has 0 aliphatic rings. The monoisotopic (exact) mass is 371 g/mol. The summed E-state index contributed by atoms with van der Waals surface area (Å²) in [6, 6.07) is 13.5. The van der Waals surface area contributed by atoms with Crippen LogP contribution in [-0.2, 0) is 14.8 Å². The van der Waals surface area contributed by atoms with Crippen molar-refractivity contribution in [1.29, 1.82) is 5.26 Å². The SMILES string of the molecule is CC(=O)N(CCNS(=O)(=O)c1ccc(C)c(C)c1)c1ccc(C#N)cc1. The average molecular weight is 371 g/mol. The number of anilines is 1. The first-order chi connectivity index (χ1) is 12.2. The summed E-state index contributed by atoms with van der Waals surface area (Å²) >= 11 is 0. The highest BCUT2D eigenvalue weighted by atomic mass is 32.2.